The molecule has 2 rings (SSSR count). The summed E-state index contributed by atoms with van der Waals surface area (Å²) >= 11 is 0. The predicted molar refractivity (Wildman–Crippen MR) is 89.4 cm³/mol. The van der Waals surface area contributed by atoms with Crippen LogP contribution in [0.1, 0.15) is 19.8 Å². The normalized spacial score (nSPS) is 22.7. The van der Waals surface area contributed by atoms with Gasteiger partial charge in [0.15, 0.2) is 5.96 Å². The molecule has 0 aromatic rings. The Morgan fingerprint density at radius 1 is 1.48 bits per heavy atom. The smallest absolute Gasteiger partial charge is 0.324 e. The zero-order valence-corrected chi connectivity index (χ0v) is 14.3. The molecule has 0 aliphatic carbocycles. The van der Waals surface area contributed by atoms with E-state index in [1.165, 1.54) is 24.3 Å². The van der Waals surface area contributed by atoms with Crippen molar-refractivity contribution in [3.05, 3.63) is 0 Å². The van der Waals surface area contributed by atoms with Crippen LogP contribution in [0.2, 0.25) is 0 Å². The number of urea groups is 1. The first-order chi connectivity index (χ1) is 11.1. The average Bonchev–Trinajstić information content (AvgIpc) is 3.11. The van der Waals surface area contributed by atoms with Gasteiger partial charge in [-0.15, -0.1) is 0 Å². The predicted octanol–water partition coefficient (Wildman–Crippen LogP) is -0.470. The van der Waals surface area contributed by atoms with E-state index in [2.05, 4.69) is 32.3 Å². The molecule has 0 spiro atoms. The van der Waals surface area contributed by atoms with Crippen LogP contribution >= 0.6 is 0 Å². The molecule has 1 unspecified atom stereocenters. The molecule has 8 heteroatoms. The molecule has 23 heavy (non-hydrogen) atoms. The highest BCUT2D eigenvalue weighted by atomic mass is 16.2. The molecule has 2 heterocycles. The van der Waals surface area contributed by atoms with Crippen LogP contribution < -0.4 is 10.6 Å². The molecule has 0 aromatic heterocycles. The third-order valence-corrected chi connectivity index (χ3v) is 4.52. The molecule has 2 saturated heterocycles. The van der Waals surface area contributed by atoms with Crippen LogP contribution in [-0.2, 0) is 4.79 Å². The van der Waals surface area contributed by atoms with Gasteiger partial charge in [-0.25, -0.2) is 4.79 Å². The molecule has 8 nitrogen and oxygen atoms in total. The lowest BCUT2D eigenvalue weighted by molar-refractivity contribution is -0.124. The second-order valence-corrected chi connectivity index (χ2v) is 5.98. The number of rotatable bonds is 6. The first-order valence-corrected chi connectivity index (χ1v) is 8.30. The molecule has 0 saturated carbocycles. The van der Waals surface area contributed by atoms with Gasteiger partial charge in [-0.3, -0.25) is 19.6 Å². The van der Waals surface area contributed by atoms with E-state index >= 15 is 0 Å². The molecule has 2 N–H and O–H groups in total. The van der Waals surface area contributed by atoms with Crippen LogP contribution in [-0.4, -0.2) is 92.0 Å². The summed E-state index contributed by atoms with van der Waals surface area (Å²) in [6.07, 6.45) is 2.47. The van der Waals surface area contributed by atoms with E-state index in [1.54, 1.807) is 7.05 Å². The number of nitrogens with one attached hydrogen (secondary N) is 2. The van der Waals surface area contributed by atoms with Gasteiger partial charge in [0.1, 0.15) is 0 Å². The van der Waals surface area contributed by atoms with Crippen LogP contribution in [0.15, 0.2) is 4.99 Å². The molecule has 0 radical (unpaired) electrons. The summed E-state index contributed by atoms with van der Waals surface area (Å²) in [5, 5.41) is 5.74. The number of nitrogens with zero attached hydrogens (tertiary/aromatic N) is 4. The first-order valence-electron chi connectivity index (χ1n) is 8.30. The highest BCUT2D eigenvalue weighted by molar-refractivity contribution is 6.01. The topological polar surface area (TPSA) is 80.3 Å². The van der Waals surface area contributed by atoms with Gasteiger partial charge in [-0.2, -0.15) is 0 Å². The lowest BCUT2D eigenvalue weighted by atomic mass is 10.2. The van der Waals surface area contributed by atoms with Crippen molar-refractivity contribution in [2.75, 3.05) is 53.4 Å². The largest absolute Gasteiger partial charge is 0.354 e. The fourth-order valence-electron chi connectivity index (χ4n) is 3.27. The molecule has 2 aliphatic rings. The molecular formula is C15H28N6O2. The van der Waals surface area contributed by atoms with E-state index in [9.17, 15) is 9.59 Å². The molecular weight excluding hydrogens is 296 g/mol. The lowest BCUT2D eigenvalue weighted by Gasteiger charge is -2.30. The van der Waals surface area contributed by atoms with E-state index in [4.69, 9.17) is 0 Å². The zero-order valence-electron chi connectivity index (χ0n) is 14.3. The van der Waals surface area contributed by atoms with Gasteiger partial charge < -0.3 is 15.5 Å². The maximum absolute atomic E-state index is 11.5. The number of likely N-dealkylation sites (N-methyl/N-ethyl adjacent to an activating group) is 2. The Bertz CT molecular complexity index is 451. The van der Waals surface area contributed by atoms with Crippen LogP contribution in [0, 0.1) is 0 Å². The van der Waals surface area contributed by atoms with E-state index in [1.807, 2.05) is 7.05 Å². The molecule has 0 bridgehead atoms. The lowest BCUT2D eigenvalue weighted by Crippen LogP contribution is -2.47. The number of hydrogen-bond acceptors (Lipinski definition) is 4. The highest BCUT2D eigenvalue weighted by Gasteiger charge is 2.28. The second kappa shape index (κ2) is 8.14. The number of carbonyl (C=O) groups excluding carboxylic acids is 2. The molecule has 0 aromatic carbocycles. The minimum atomic E-state index is -0.315. The fourth-order valence-corrected chi connectivity index (χ4v) is 3.27. The third-order valence-electron chi connectivity index (χ3n) is 4.52. The maximum atomic E-state index is 11.5. The Kier molecular flexibility index (Phi) is 6.20. The summed E-state index contributed by atoms with van der Waals surface area (Å²) < 4.78 is 0. The van der Waals surface area contributed by atoms with Gasteiger partial charge in [0.05, 0.1) is 6.54 Å². The van der Waals surface area contributed by atoms with Gasteiger partial charge >= 0.3 is 6.03 Å². The summed E-state index contributed by atoms with van der Waals surface area (Å²) in [5.74, 6) is 0.615. The Hall–Kier alpha value is -1.83. The van der Waals surface area contributed by atoms with Crippen LogP contribution in [0.4, 0.5) is 4.79 Å². The van der Waals surface area contributed by atoms with Crippen molar-refractivity contribution in [1.82, 2.24) is 25.3 Å². The molecule has 2 fully saturated rings. The number of aliphatic imine (C=N–C) groups is 1. The summed E-state index contributed by atoms with van der Waals surface area (Å²) in [7, 11) is 3.77. The van der Waals surface area contributed by atoms with Crippen molar-refractivity contribution in [2.24, 2.45) is 4.99 Å². The van der Waals surface area contributed by atoms with E-state index in [0.717, 1.165) is 19.0 Å². The standard InChI is InChI=1S/C15H28N6O2/c1-4-20-8-5-6-12(20)11-19(3)14(16-2)17-7-9-21-13(22)10-18-15(21)23/h12H,4-11H2,1-3H3,(H,16,17)(H,18,23). The minimum Gasteiger partial charge on any atom is -0.354 e. The first kappa shape index (κ1) is 17.5. The zero-order chi connectivity index (χ0) is 16.8. The van der Waals surface area contributed by atoms with E-state index < -0.39 is 0 Å². The van der Waals surface area contributed by atoms with Gasteiger partial charge in [0.2, 0.25) is 5.91 Å². The SMILES string of the molecule is CCN1CCCC1CN(C)C(=NC)NCCN1C(=O)CNC1=O. The quantitative estimate of drug-likeness (QED) is 0.392. The Morgan fingerprint density at radius 3 is 2.87 bits per heavy atom. The van der Waals surface area contributed by atoms with Crippen LogP contribution in [0.25, 0.3) is 0 Å². The number of guanidine groups is 1. The monoisotopic (exact) mass is 324 g/mol. The summed E-state index contributed by atoms with van der Waals surface area (Å²) in [6.45, 7) is 6.33. The number of imide groups is 1. The van der Waals surface area contributed by atoms with Crippen molar-refractivity contribution in [2.45, 2.75) is 25.8 Å². The minimum absolute atomic E-state index is 0.0992. The van der Waals surface area contributed by atoms with Gasteiger partial charge in [0, 0.05) is 39.8 Å². The number of hydrogen-bond donors (Lipinski definition) is 2. The maximum Gasteiger partial charge on any atom is 0.324 e. The summed E-state index contributed by atoms with van der Waals surface area (Å²) in [6, 6.07) is 0.249. The average molecular weight is 324 g/mol. The molecule has 1 atom stereocenters. The van der Waals surface area contributed by atoms with Crippen molar-refractivity contribution in [1.29, 1.82) is 0 Å². The van der Waals surface area contributed by atoms with Crippen molar-refractivity contribution < 1.29 is 9.59 Å². The molecule has 130 valence electrons. The Labute approximate surface area is 137 Å². The second-order valence-electron chi connectivity index (χ2n) is 5.98. The highest BCUT2D eigenvalue weighted by Crippen LogP contribution is 2.17. The number of carbonyl (C=O) groups is 2. The number of likely N-dealkylation sites (tertiary alicyclic amines) is 1. The van der Waals surface area contributed by atoms with E-state index in [-0.39, 0.29) is 18.5 Å². The van der Waals surface area contributed by atoms with Gasteiger partial charge in [-0.05, 0) is 25.9 Å². The molecule has 2 aliphatic heterocycles. The summed E-state index contributed by atoms with van der Waals surface area (Å²) in [4.78, 5) is 33.2. The van der Waals surface area contributed by atoms with Crippen molar-refractivity contribution >= 4 is 17.9 Å². The number of amides is 3. The third kappa shape index (κ3) is 4.34. The summed E-state index contributed by atoms with van der Waals surface area (Å²) in [5.41, 5.74) is 0. The van der Waals surface area contributed by atoms with Gasteiger partial charge in [0.25, 0.3) is 0 Å². The molecule has 3 amide bonds. The Morgan fingerprint density at radius 2 is 2.26 bits per heavy atom. The Balaban J connectivity index is 1.78. The van der Waals surface area contributed by atoms with Gasteiger partial charge in [-0.1, -0.05) is 6.92 Å². The van der Waals surface area contributed by atoms with Crippen LogP contribution in [0.5, 0.6) is 0 Å². The van der Waals surface area contributed by atoms with Crippen molar-refractivity contribution in [3.8, 4) is 0 Å². The van der Waals surface area contributed by atoms with Crippen LogP contribution in [0.3, 0.4) is 0 Å². The van der Waals surface area contributed by atoms with E-state index in [0.29, 0.717) is 19.1 Å². The van der Waals surface area contributed by atoms with Crippen molar-refractivity contribution in [3.63, 3.8) is 0 Å². The fraction of sp³-hybridized carbons (Fsp3) is 0.800.